The standard InChI is InChI=1S/C23H21Cl2NOS/c24-17-11-12-20(21(25)13-17)23(27)26(18-9-5-2-6-10-18)19-14-22(28-15-19)16-7-3-1-4-8-16/h1,3-4,7-8,11-15,18H,2,5-6,9-10H2. The highest BCUT2D eigenvalue weighted by Crippen LogP contribution is 2.36. The molecule has 1 saturated carbocycles. The van der Waals surface area contributed by atoms with Crippen molar-refractivity contribution in [3.8, 4) is 10.4 Å². The molecule has 3 aromatic rings. The molecule has 1 aliphatic carbocycles. The van der Waals surface area contributed by atoms with Crippen LogP contribution in [0.1, 0.15) is 42.5 Å². The van der Waals surface area contributed by atoms with Gasteiger partial charge in [0.05, 0.1) is 16.3 Å². The van der Waals surface area contributed by atoms with E-state index in [2.05, 4.69) is 23.6 Å². The monoisotopic (exact) mass is 429 g/mol. The van der Waals surface area contributed by atoms with Crippen molar-refractivity contribution in [2.45, 2.75) is 38.1 Å². The van der Waals surface area contributed by atoms with Crippen LogP contribution in [0.4, 0.5) is 5.69 Å². The number of amides is 1. The number of hydrogen-bond acceptors (Lipinski definition) is 2. The summed E-state index contributed by atoms with van der Waals surface area (Å²) in [5.41, 5.74) is 2.62. The highest BCUT2D eigenvalue weighted by Gasteiger charge is 2.29. The molecule has 0 bridgehead atoms. The van der Waals surface area contributed by atoms with Gasteiger partial charge in [0.2, 0.25) is 0 Å². The predicted octanol–water partition coefficient (Wildman–Crippen LogP) is 7.70. The van der Waals surface area contributed by atoms with Crippen molar-refractivity contribution in [3.63, 3.8) is 0 Å². The summed E-state index contributed by atoms with van der Waals surface area (Å²) in [4.78, 5) is 16.6. The topological polar surface area (TPSA) is 20.3 Å². The fraction of sp³-hybridized carbons (Fsp3) is 0.261. The first kappa shape index (κ1) is 19.5. The molecule has 0 spiro atoms. The first-order chi connectivity index (χ1) is 13.6. The number of rotatable bonds is 4. The van der Waals surface area contributed by atoms with Crippen LogP contribution in [0.3, 0.4) is 0 Å². The number of nitrogens with zero attached hydrogens (tertiary/aromatic N) is 1. The van der Waals surface area contributed by atoms with Gasteiger partial charge in [0.15, 0.2) is 0 Å². The van der Waals surface area contributed by atoms with Crippen molar-refractivity contribution < 1.29 is 4.79 Å². The summed E-state index contributed by atoms with van der Waals surface area (Å²) in [5, 5.41) is 3.02. The van der Waals surface area contributed by atoms with Gasteiger partial charge in [-0.15, -0.1) is 11.3 Å². The molecule has 2 nitrogen and oxygen atoms in total. The second-order valence-corrected chi connectivity index (χ2v) is 8.88. The van der Waals surface area contributed by atoms with E-state index in [-0.39, 0.29) is 11.9 Å². The van der Waals surface area contributed by atoms with Crippen LogP contribution < -0.4 is 4.90 Å². The average molecular weight is 430 g/mol. The first-order valence-electron chi connectivity index (χ1n) is 9.56. The van der Waals surface area contributed by atoms with E-state index in [0.29, 0.717) is 15.6 Å². The zero-order chi connectivity index (χ0) is 19.5. The van der Waals surface area contributed by atoms with Gasteiger partial charge in [-0.05, 0) is 42.7 Å². The maximum absolute atomic E-state index is 13.5. The Hall–Kier alpha value is -1.81. The fourth-order valence-corrected chi connectivity index (χ4v) is 5.21. The van der Waals surface area contributed by atoms with Crippen LogP contribution in [-0.2, 0) is 0 Å². The lowest BCUT2D eigenvalue weighted by atomic mass is 9.93. The van der Waals surface area contributed by atoms with Gasteiger partial charge in [-0.1, -0.05) is 72.8 Å². The Morgan fingerprint density at radius 2 is 1.71 bits per heavy atom. The van der Waals surface area contributed by atoms with E-state index >= 15 is 0 Å². The molecule has 0 atom stereocenters. The lowest BCUT2D eigenvalue weighted by Crippen LogP contribution is -2.41. The van der Waals surface area contributed by atoms with Gasteiger partial charge in [0, 0.05) is 21.3 Å². The molecule has 1 amide bonds. The average Bonchev–Trinajstić information content (AvgIpc) is 3.19. The zero-order valence-electron chi connectivity index (χ0n) is 15.4. The second-order valence-electron chi connectivity index (χ2n) is 7.13. The van der Waals surface area contributed by atoms with Crippen LogP contribution in [0, 0.1) is 0 Å². The Morgan fingerprint density at radius 1 is 0.964 bits per heavy atom. The van der Waals surface area contributed by atoms with Crippen LogP contribution in [-0.4, -0.2) is 11.9 Å². The smallest absolute Gasteiger partial charge is 0.260 e. The Balaban J connectivity index is 1.72. The maximum atomic E-state index is 13.5. The van der Waals surface area contributed by atoms with Gasteiger partial charge < -0.3 is 4.90 Å². The molecule has 2 aromatic carbocycles. The summed E-state index contributed by atoms with van der Waals surface area (Å²) >= 11 is 14.1. The molecule has 0 N–H and O–H groups in total. The van der Waals surface area contributed by atoms with Crippen LogP contribution in [0.2, 0.25) is 10.0 Å². The van der Waals surface area contributed by atoms with Gasteiger partial charge in [-0.2, -0.15) is 0 Å². The quantitative estimate of drug-likeness (QED) is 0.415. The SMILES string of the molecule is O=C(c1ccc(Cl)cc1Cl)N(c1csc(-c2ccccc2)c1)C1CCCCC1. The molecule has 144 valence electrons. The Kier molecular flexibility index (Phi) is 6.05. The number of anilines is 1. The van der Waals surface area contributed by atoms with E-state index in [9.17, 15) is 4.79 Å². The molecule has 5 heteroatoms. The third-order valence-corrected chi connectivity index (χ3v) is 6.76. The normalized spacial score (nSPS) is 14.8. The minimum absolute atomic E-state index is 0.0500. The number of hydrogen-bond donors (Lipinski definition) is 0. The maximum Gasteiger partial charge on any atom is 0.260 e. The van der Waals surface area contributed by atoms with Crippen molar-refractivity contribution in [1.29, 1.82) is 0 Å². The fourth-order valence-electron chi connectivity index (χ4n) is 3.83. The van der Waals surface area contributed by atoms with Crippen molar-refractivity contribution in [3.05, 3.63) is 75.6 Å². The molecule has 0 unspecified atom stereocenters. The van der Waals surface area contributed by atoms with E-state index in [1.807, 2.05) is 23.1 Å². The number of thiophene rings is 1. The first-order valence-corrected chi connectivity index (χ1v) is 11.2. The molecule has 1 aliphatic rings. The second kappa shape index (κ2) is 8.69. The number of carbonyl (C=O) groups is 1. The molecule has 4 rings (SSSR count). The molecule has 0 radical (unpaired) electrons. The molecule has 1 fully saturated rings. The van der Waals surface area contributed by atoms with Crippen LogP contribution in [0.15, 0.2) is 60.0 Å². The van der Waals surface area contributed by atoms with Crippen molar-refractivity contribution in [1.82, 2.24) is 0 Å². The van der Waals surface area contributed by atoms with Crippen LogP contribution in [0.25, 0.3) is 10.4 Å². The van der Waals surface area contributed by atoms with Crippen LogP contribution >= 0.6 is 34.5 Å². The minimum Gasteiger partial charge on any atom is -0.304 e. The van der Waals surface area contributed by atoms with E-state index in [4.69, 9.17) is 23.2 Å². The van der Waals surface area contributed by atoms with Crippen LogP contribution in [0.5, 0.6) is 0 Å². The van der Waals surface area contributed by atoms with Crippen molar-refractivity contribution in [2.75, 3.05) is 4.90 Å². The minimum atomic E-state index is -0.0500. The lowest BCUT2D eigenvalue weighted by molar-refractivity contribution is 0.0971. The molecular formula is C23H21Cl2NOS. The summed E-state index contributed by atoms with van der Waals surface area (Å²) < 4.78 is 0. The Labute approximate surface area is 179 Å². The molecule has 0 aliphatic heterocycles. The third-order valence-electron chi connectivity index (χ3n) is 5.24. The van der Waals surface area contributed by atoms with Gasteiger partial charge >= 0.3 is 0 Å². The molecule has 0 saturated heterocycles. The van der Waals surface area contributed by atoms with Gasteiger partial charge in [-0.3, -0.25) is 4.79 Å². The third kappa shape index (κ3) is 4.12. The number of halogens is 2. The highest BCUT2D eigenvalue weighted by atomic mass is 35.5. The molecule has 1 aromatic heterocycles. The summed E-state index contributed by atoms with van der Waals surface area (Å²) in [7, 11) is 0. The Morgan fingerprint density at radius 3 is 2.43 bits per heavy atom. The van der Waals surface area contributed by atoms with Crippen molar-refractivity contribution in [2.24, 2.45) is 0 Å². The summed E-state index contributed by atoms with van der Waals surface area (Å²) in [6.07, 6.45) is 5.58. The van der Waals surface area contributed by atoms with Crippen molar-refractivity contribution >= 4 is 46.1 Å². The summed E-state index contributed by atoms with van der Waals surface area (Å²) in [6, 6.07) is 17.7. The van der Waals surface area contributed by atoms with E-state index in [0.717, 1.165) is 36.2 Å². The summed E-state index contributed by atoms with van der Waals surface area (Å²) in [5.74, 6) is -0.0500. The van der Waals surface area contributed by atoms with E-state index in [1.54, 1.807) is 29.5 Å². The van der Waals surface area contributed by atoms with E-state index in [1.165, 1.54) is 12.0 Å². The largest absolute Gasteiger partial charge is 0.304 e. The molecular weight excluding hydrogens is 409 g/mol. The lowest BCUT2D eigenvalue weighted by Gasteiger charge is -2.34. The van der Waals surface area contributed by atoms with E-state index < -0.39 is 0 Å². The number of benzene rings is 2. The molecule has 1 heterocycles. The number of carbonyl (C=O) groups excluding carboxylic acids is 1. The van der Waals surface area contributed by atoms with Gasteiger partial charge in [0.25, 0.3) is 5.91 Å². The highest BCUT2D eigenvalue weighted by molar-refractivity contribution is 7.14. The summed E-state index contributed by atoms with van der Waals surface area (Å²) in [6.45, 7) is 0. The zero-order valence-corrected chi connectivity index (χ0v) is 17.7. The van der Waals surface area contributed by atoms with Gasteiger partial charge in [-0.25, -0.2) is 0 Å². The van der Waals surface area contributed by atoms with Gasteiger partial charge in [0.1, 0.15) is 0 Å². The Bertz CT molecular complexity index is 964. The molecule has 28 heavy (non-hydrogen) atoms. The predicted molar refractivity (Wildman–Crippen MR) is 120 cm³/mol.